The van der Waals surface area contributed by atoms with Gasteiger partial charge in [0, 0.05) is 30.0 Å². The summed E-state index contributed by atoms with van der Waals surface area (Å²) >= 11 is -0.406. The lowest BCUT2D eigenvalue weighted by Gasteiger charge is -2.27. The number of hydrogen-bond donors (Lipinski definition) is 1. The molecule has 5 nitrogen and oxygen atoms in total. The highest BCUT2D eigenvalue weighted by molar-refractivity contribution is 7.94. The largest absolute Gasteiger partial charge is 0.611 e. The number of alkyl halides is 3. The van der Waals surface area contributed by atoms with Crippen LogP contribution in [0.2, 0.25) is 0 Å². The van der Waals surface area contributed by atoms with Crippen LogP contribution in [0.4, 0.5) is 18.9 Å². The maximum atomic E-state index is 13.7. The number of nitrogens with two attached hydrogens (primary N) is 1. The first-order chi connectivity index (χ1) is 12.3. The molecule has 0 aliphatic heterocycles. The van der Waals surface area contributed by atoms with Crippen LogP contribution in [0.25, 0.3) is 21.5 Å². The van der Waals surface area contributed by atoms with Crippen molar-refractivity contribution in [2.75, 3.05) is 5.73 Å². The number of halogens is 3. The number of aryl methyl sites for hydroxylation is 1. The van der Waals surface area contributed by atoms with E-state index in [1.165, 1.54) is 10.9 Å². The van der Waals surface area contributed by atoms with Crippen LogP contribution in [0, 0.1) is 0 Å². The Hall–Kier alpha value is -1.78. The molecule has 1 aliphatic carbocycles. The molecule has 1 saturated carbocycles. The van der Waals surface area contributed by atoms with E-state index in [4.69, 9.17) is 5.73 Å². The monoisotopic (exact) mass is 400 g/mol. The van der Waals surface area contributed by atoms with E-state index in [9.17, 15) is 17.7 Å². The van der Waals surface area contributed by atoms with Crippen molar-refractivity contribution in [2.24, 2.45) is 7.05 Å². The van der Waals surface area contributed by atoms with Gasteiger partial charge in [0.15, 0.2) is 0 Å². The fourth-order valence-electron chi connectivity index (χ4n) is 2.91. The lowest BCUT2D eigenvalue weighted by molar-refractivity contribution is -0.136. The van der Waals surface area contributed by atoms with Crippen molar-refractivity contribution in [1.29, 1.82) is 0 Å². The molecule has 3 aromatic rings. The van der Waals surface area contributed by atoms with Crippen LogP contribution in [0.15, 0.2) is 22.7 Å². The summed E-state index contributed by atoms with van der Waals surface area (Å²) in [6.45, 7) is 0. The summed E-state index contributed by atoms with van der Waals surface area (Å²) in [6, 6.07) is 0.985. The van der Waals surface area contributed by atoms with Crippen LogP contribution in [0.3, 0.4) is 0 Å². The van der Waals surface area contributed by atoms with Gasteiger partial charge in [-0.2, -0.15) is 18.3 Å². The average Bonchev–Trinajstić information content (AvgIpc) is 3.08. The Kier molecular flexibility index (Phi) is 4.16. The molecule has 0 spiro atoms. The minimum absolute atomic E-state index is 0.0301. The molecule has 26 heavy (non-hydrogen) atoms. The summed E-state index contributed by atoms with van der Waals surface area (Å²) in [4.78, 5) is 4.50. The number of aromatic nitrogens is 3. The lowest BCUT2D eigenvalue weighted by Crippen LogP contribution is -2.28. The molecule has 1 aliphatic rings. The highest BCUT2D eigenvalue weighted by atomic mass is 32.2. The molecule has 138 valence electrons. The van der Waals surface area contributed by atoms with Gasteiger partial charge < -0.3 is 10.3 Å². The highest BCUT2D eigenvalue weighted by Gasteiger charge is 2.39. The van der Waals surface area contributed by atoms with Crippen LogP contribution < -0.4 is 5.73 Å². The normalized spacial score (nSPS) is 16.8. The minimum Gasteiger partial charge on any atom is -0.611 e. The van der Waals surface area contributed by atoms with E-state index in [1.807, 2.05) is 0 Å². The van der Waals surface area contributed by atoms with E-state index >= 15 is 0 Å². The number of hydrogen-bond acceptors (Lipinski definition) is 5. The molecule has 10 heteroatoms. The van der Waals surface area contributed by atoms with Gasteiger partial charge in [0.1, 0.15) is 15.8 Å². The zero-order valence-electron chi connectivity index (χ0n) is 13.7. The van der Waals surface area contributed by atoms with Crippen LogP contribution in [0.1, 0.15) is 24.8 Å². The average molecular weight is 400 g/mol. The molecule has 1 fully saturated rings. The summed E-state index contributed by atoms with van der Waals surface area (Å²) < 4.78 is 55.5. The molecule has 0 radical (unpaired) electrons. The summed E-state index contributed by atoms with van der Waals surface area (Å²) in [5.74, 6) is 0. The third-order valence-corrected chi connectivity index (χ3v) is 7.81. The smallest absolute Gasteiger partial charge is 0.417 e. The van der Waals surface area contributed by atoms with Crippen molar-refractivity contribution < 1.29 is 17.7 Å². The Morgan fingerprint density at radius 1 is 1.38 bits per heavy atom. The van der Waals surface area contributed by atoms with Crippen LogP contribution in [-0.2, 0) is 24.4 Å². The first kappa shape index (κ1) is 17.6. The Labute approximate surface area is 154 Å². The van der Waals surface area contributed by atoms with E-state index < -0.39 is 22.9 Å². The van der Waals surface area contributed by atoms with Gasteiger partial charge >= 0.3 is 6.18 Å². The molecule has 0 saturated heterocycles. The van der Waals surface area contributed by atoms with Gasteiger partial charge in [0.05, 0.1) is 22.8 Å². The molecule has 4 rings (SSSR count). The lowest BCUT2D eigenvalue weighted by atomic mass is 10.0. The van der Waals surface area contributed by atoms with E-state index in [1.54, 1.807) is 13.2 Å². The number of thiophene rings is 1. The van der Waals surface area contributed by atoms with Crippen LogP contribution in [0.5, 0.6) is 0 Å². The first-order valence-electron chi connectivity index (χ1n) is 7.95. The highest BCUT2D eigenvalue weighted by Crippen LogP contribution is 2.46. The second-order valence-electron chi connectivity index (χ2n) is 6.29. The third-order valence-electron chi connectivity index (χ3n) is 4.51. The van der Waals surface area contributed by atoms with Crippen molar-refractivity contribution in [2.45, 2.75) is 34.9 Å². The van der Waals surface area contributed by atoms with Gasteiger partial charge in [-0.05, 0) is 25.3 Å². The van der Waals surface area contributed by atoms with E-state index in [-0.39, 0.29) is 26.8 Å². The van der Waals surface area contributed by atoms with Crippen molar-refractivity contribution in [1.82, 2.24) is 14.8 Å². The predicted molar refractivity (Wildman–Crippen MR) is 95.3 cm³/mol. The summed E-state index contributed by atoms with van der Waals surface area (Å²) in [5.41, 5.74) is 5.74. The summed E-state index contributed by atoms with van der Waals surface area (Å²) in [7, 11) is 1.68. The molecule has 3 heterocycles. The second kappa shape index (κ2) is 6.14. The van der Waals surface area contributed by atoms with Gasteiger partial charge in [0.2, 0.25) is 4.21 Å². The molecule has 0 aromatic carbocycles. The van der Waals surface area contributed by atoms with Gasteiger partial charge in [-0.25, -0.2) is 4.98 Å². The maximum Gasteiger partial charge on any atom is 0.417 e. The molecule has 2 N–H and O–H groups in total. The number of nitrogens with zero attached hydrogens (tertiary/aromatic N) is 3. The molecular weight excluding hydrogens is 385 g/mol. The van der Waals surface area contributed by atoms with Crippen molar-refractivity contribution in [3.8, 4) is 11.3 Å². The molecule has 0 amide bonds. The number of fused-ring (bicyclic) bond motifs is 1. The number of rotatable bonds is 3. The number of nitrogen functional groups attached to an aromatic ring is 1. The molecular formula is C16H15F3N4OS2. The third kappa shape index (κ3) is 2.85. The maximum absolute atomic E-state index is 13.7. The number of pyridine rings is 1. The Bertz CT molecular complexity index is 978. The van der Waals surface area contributed by atoms with Gasteiger partial charge in [-0.1, -0.05) is 11.3 Å². The van der Waals surface area contributed by atoms with E-state index in [2.05, 4.69) is 10.1 Å². The SMILES string of the molecule is Cn1cc(-c2cc(C(F)(F)F)c3c(N)c([S+]([O-])C4CCC4)sc3n2)cn1. The first-order valence-corrected chi connectivity index (χ1v) is 9.98. The number of anilines is 1. The zero-order chi connectivity index (χ0) is 18.6. The Morgan fingerprint density at radius 3 is 2.65 bits per heavy atom. The van der Waals surface area contributed by atoms with Crippen molar-refractivity contribution in [3.63, 3.8) is 0 Å². The summed E-state index contributed by atoms with van der Waals surface area (Å²) in [6.07, 6.45) is 1.06. The zero-order valence-corrected chi connectivity index (χ0v) is 15.3. The molecule has 1 atom stereocenters. The molecule has 0 bridgehead atoms. The Balaban J connectivity index is 1.93. The van der Waals surface area contributed by atoms with E-state index in [0.717, 1.165) is 36.7 Å². The van der Waals surface area contributed by atoms with Crippen LogP contribution >= 0.6 is 11.3 Å². The van der Waals surface area contributed by atoms with Gasteiger partial charge in [0.25, 0.3) is 0 Å². The fourth-order valence-corrected chi connectivity index (χ4v) is 6.12. The van der Waals surface area contributed by atoms with E-state index in [0.29, 0.717) is 9.77 Å². The quantitative estimate of drug-likeness (QED) is 0.675. The minimum atomic E-state index is -4.59. The van der Waals surface area contributed by atoms with Crippen molar-refractivity contribution >= 4 is 38.4 Å². The predicted octanol–water partition coefficient (Wildman–Crippen LogP) is 3.96. The second-order valence-corrected chi connectivity index (χ2v) is 9.22. The topological polar surface area (TPSA) is 79.8 Å². The van der Waals surface area contributed by atoms with Crippen LogP contribution in [-0.4, -0.2) is 24.6 Å². The molecule has 3 aromatic heterocycles. The van der Waals surface area contributed by atoms with Gasteiger partial charge in [-0.15, -0.1) is 0 Å². The van der Waals surface area contributed by atoms with Gasteiger partial charge in [-0.3, -0.25) is 4.68 Å². The molecule has 1 unspecified atom stereocenters. The van der Waals surface area contributed by atoms with Crippen molar-refractivity contribution in [3.05, 3.63) is 24.0 Å². The Morgan fingerprint density at radius 2 is 2.12 bits per heavy atom. The summed E-state index contributed by atoms with van der Waals surface area (Å²) in [5, 5.41) is 3.80. The fraction of sp³-hybridized carbons (Fsp3) is 0.375. The standard InChI is InChI=1S/C16H15F3N4OS2/c1-23-7-8(6-21-23)11-5-10(16(17,18)19)12-13(20)15(25-14(12)22-11)26(24)9-3-2-4-9/h5-7,9H,2-4,20H2,1H3.